The molecule has 1 atom stereocenters. The molecule has 0 N–H and O–H groups in total. The molecule has 33 heavy (non-hydrogen) atoms. The predicted molar refractivity (Wildman–Crippen MR) is 137 cm³/mol. The second-order valence-electron chi connectivity index (χ2n) is 9.34. The molecule has 0 amide bonds. The van der Waals surface area contributed by atoms with Crippen molar-refractivity contribution in [3.05, 3.63) is 87.6 Å². The van der Waals surface area contributed by atoms with Gasteiger partial charge in [-0.15, -0.1) is 0 Å². The summed E-state index contributed by atoms with van der Waals surface area (Å²) < 4.78 is 5.66. The van der Waals surface area contributed by atoms with Crippen LogP contribution in [0.1, 0.15) is 71.8 Å². The van der Waals surface area contributed by atoms with E-state index in [1.165, 1.54) is 58.2 Å². The van der Waals surface area contributed by atoms with Crippen LogP contribution in [0.15, 0.2) is 48.5 Å². The van der Waals surface area contributed by atoms with Crippen LogP contribution in [-0.4, -0.2) is 24.0 Å². The molecule has 0 fully saturated rings. The highest BCUT2D eigenvalue weighted by atomic mass is 16.5. The lowest BCUT2D eigenvalue weighted by Crippen LogP contribution is -2.28. The van der Waals surface area contributed by atoms with Gasteiger partial charge in [-0.2, -0.15) is 0 Å². The molecule has 0 radical (unpaired) electrons. The van der Waals surface area contributed by atoms with Gasteiger partial charge in [-0.05, 0) is 85.5 Å². The number of aromatic nitrogens is 1. The van der Waals surface area contributed by atoms with E-state index in [2.05, 4.69) is 81.2 Å². The molecule has 0 aliphatic heterocycles. The molecule has 0 bridgehead atoms. The lowest BCUT2D eigenvalue weighted by atomic mass is 9.86. The van der Waals surface area contributed by atoms with Gasteiger partial charge in [-0.25, -0.2) is 0 Å². The third kappa shape index (κ3) is 4.90. The third-order valence-electron chi connectivity index (χ3n) is 7.26. The van der Waals surface area contributed by atoms with Gasteiger partial charge in [0.05, 0.1) is 12.3 Å². The Labute approximate surface area is 199 Å². The van der Waals surface area contributed by atoms with Gasteiger partial charge in [0, 0.05) is 31.0 Å². The summed E-state index contributed by atoms with van der Waals surface area (Å²) >= 11 is 0. The number of nitrogens with zero attached hydrogens (tertiary/aromatic N) is 2. The molecule has 0 unspecified atom stereocenters. The van der Waals surface area contributed by atoms with E-state index in [1.807, 2.05) is 0 Å². The molecule has 1 aromatic heterocycles. The number of benzene rings is 2. The van der Waals surface area contributed by atoms with Crippen molar-refractivity contribution in [2.45, 2.75) is 72.1 Å². The van der Waals surface area contributed by atoms with Gasteiger partial charge in [-0.1, -0.05) is 56.3 Å². The van der Waals surface area contributed by atoms with E-state index < -0.39 is 0 Å². The maximum absolute atomic E-state index is 5.66. The smallest absolute Gasteiger partial charge is 0.0717 e. The third-order valence-corrected chi connectivity index (χ3v) is 7.26. The molecule has 0 spiro atoms. The second kappa shape index (κ2) is 10.6. The Balaban J connectivity index is 1.71. The number of hydrogen-bond donors (Lipinski definition) is 0. The summed E-state index contributed by atoms with van der Waals surface area (Å²) in [5.74, 6) is 0. The highest BCUT2D eigenvalue weighted by molar-refractivity contribution is 5.69. The average molecular weight is 443 g/mol. The van der Waals surface area contributed by atoms with E-state index in [1.54, 1.807) is 7.11 Å². The minimum Gasteiger partial charge on any atom is -0.380 e. The van der Waals surface area contributed by atoms with Gasteiger partial charge >= 0.3 is 0 Å². The van der Waals surface area contributed by atoms with Crippen molar-refractivity contribution in [2.75, 3.05) is 14.2 Å². The molecular formula is C30H38N2O. The molecule has 1 heterocycles. The molecule has 0 saturated carbocycles. The zero-order chi connectivity index (χ0) is 23.4. The highest BCUT2D eigenvalue weighted by Gasteiger charge is 2.25. The van der Waals surface area contributed by atoms with Crippen molar-refractivity contribution >= 4 is 0 Å². The van der Waals surface area contributed by atoms with Gasteiger partial charge in [-0.3, -0.25) is 9.88 Å². The summed E-state index contributed by atoms with van der Waals surface area (Å²) in [6.45, 7) is 8.11. The number of methoxy groups -OCH3 is 1. The molecule has 1 aliphatic carbocycles. The van der Waals surface area contributed by atoms with Crippen LogP contribution in [0.3, 0.4) is 0 Å². The minimum absolute atomic E-state index is 0.455. The fourth-order valence-electron chi connectivity index (χ4n) is 5.51. The largest absolute Gasteiger partial charge is 0.380 e. The lowest BCUT2D eigenvalue weighted by molar-refractivity contribution is 0.179. The first-order chi connectivity index (χ1) is 16.1. The molecule has 3 nitrogen and oxygen atoms in total. The van der Waals surface area contributed by atoms with Gasteiger partial charge < -0.3 is 4.74 Å². The topological polar surface area (TPSA) is 25.4 Å². The van der Waals surface area contributed by atoms with Crippen LogP contribution < -0.4 is 0 Å². The van der Waals surface area contributed by atoms with Crippen LogP contribution in [0.25, 0.3) is 11.3 Å². The van der Waals surface area contributed by atoms with Crippen molar-refractivity contribution in [1.82, 2.24) is 9.88 Å². The van der Waals surface area contributed by atoms with Crippen LogP contribution in [0.4, 0.5) is 0 Å². The molecule has 4 rings (SSSR count). The quantitative estimate of drug-likeness (QED) is 0.382. The minimum atomic E-state index is 0.455. The van der Waals surface area contributed by atoms with Gasteiger partial charge in [0.25, 0.3) is 0 Å². The van der Waals surface area contributed by atoms with Gasteiger partial charge in [0.15, 0.2) is 0 Å². The Morgan fingerprint density at radius 3 is 2.42 bits per heavy atom. The van der Waals surface area contributed by atoms with Crippen LogP contribution >= 0.6 is 0 Å². The number of ether oxygens (including phenoxy) is 1. The highest BCUT2D eigenvalue weighted by Crippen LogP contribution is 2.36. The van der Waals surface area contributed by atoms with Crippen molar-refractivity contribution < 1.29 is 4.74 Å². The SMILES string of the molecule is CCc1cccc(CC)c1-c1cc(COC)c(CN(C)[C@H]2CCCc3ccccc32)c(C)n1. The Morgan fingerprint density at radius 2 is 1.73 bits per heavy atom. The summed E-state index contributed by atoms with van der Waals surface area (Å²) in [5, 5.41) is 0. The lowest BCUT2D eigenvalue weighted by Gasteiger charge is -2.34. The maximum Gasteiger partial charge on any atom is 0.0717 e. The number of rotatable bonds is 8. The zero-order valence-corrected chi connectivity index (χ0v) is 20.9. The van der Waals surface area contributed by atoms with E-state index in [9.17, 15) is 0 Å². The van der Waals surface area contributed by atoms with E-state index >= 15 is 0 Å². The molecule has 2 aromatic carbocycles. The first kappa shape index (κ1) is 23.7. The number of pyridine rings is 1. The normalized spacial score (nSPS) is 15.6. The van der Waals surface area contributed by atoms with Crippen molar-refractivity contribution in [1.29, 1.82) is 0 Å². The Hall–Kier alpha value is -2.49. The van der Waals surface area contributed by atoms with Crippen molar-refractivity contribution in [2.24, 2.45) is 0 Å². The molecule has 174 valence electrons. The summed E-state index contributed by atoms with van der Waals surface area (Å²) in [6.07, 6.45) is 5.67. The van der Waals surface area contributed by atoms with E-state index in [4.69, 9.17) is 9.72 Å². The van der Waals surface area contributed by atoms with E-state index in [-0.39, 0.29) is 0 Å². The number of fused-ring (bicyclic) bond motifs is 1. The number of hydrogen-bond acceptors (Lipinski definition) is 3. The first-order valence-electron chi connectivity index (χ1n) is 12.4. The monoisotopic (exact) mass is 442 g/mol. The number of aryl methyl sites for hydroxylation is 4. The summed E-state index contributed by atoms with van der Waals surface area (Å²) in [5.41, 5.74) is 11.8. The molecular weight excluding hydrogens is 404 g/mol. The summed E-state index contributed by atoms with van der Waals surface area (Å²) in [7, 11) is 4.05. The molecule has 3 heteroatoms. The second-order valence-corrected chi connectivity index (χ2v) is 9.34. The van der Waals surface area contributed by atoms with E-state index in [0.29, 0.717) is 12.6 Å². The molecule has 3 aromatic rings. The van der Waals surface area contributed by atoms with Crippen LogP contribution in [-0.2, 0) is 37.2 Å². The average Bonchev–Trinajstić information content (AvgIpc) is 2.85. The Kier molecular flexibility index (Phi) is 7.62. The molecule has 0 saturated heterocycles. The van der Waals surface area contributed by atoms with Crippen LogP contribution in [0.2, 0.25) is 0 Å². The first-order valence-corrected chi connectivity index (χ1v) is 12.4. The van der Waals surface area contributed by atoms with Gasteiger partial charge in [0.1, 0.15) is 0 Å². The van der Waals surface area contributed by atoms with Crippen molar-refractivity contribution in [3.63, 3.8) is 0 Å². The van der Waals surface area contributed by atoms with Crippen LogP contribution in [0, 0.1) is 6.92 Å². The molecule has 1 aliphatic rings. The van der Waals surface area contributed by atoms with Crippen molar-refractivity contribution in [3.8, 4) is 11.3 Å². The maximum atomic E-state index is 5.66. The van der Waals surface area contributed by atoms with Crippen LogP contribution in [0.5, 0.6) is 0 Å². The summed E-state index contributed by atoms with van der Waals surface area (Å²) in [6, 6.07) is 18.3. The fraction of sp³-hybridized carbons (Fsp3) is 0.433. The fourth-order valence-corrected chi connectivity index (χ4v) is 5.51. The van der Waals surface area contributed by atoms with Gasteiger partial charge in [0.2, 0.25) is 0 Å². The van der Waals surface area contributed by atoms with E-state index in [0.717, 1.165) is 30.8 Å². The Bertz CT molecular complexity index is 1080. The summed E-state index contributed by atoms with van der Waals surface area (Å²) in [4.78, 5) is 7.68. The Morgan fingerprint density at radius 1 is 1.00 bits per heavy atom. The standard InChI is InChI=1S/C30H38N2O/c1-6-22-13-10-14-23(7-2)30(22)28-18-25(20-33-5)27(21(3)31-28)19-32(4)29-17-11-15-24-12-8-9-16-26(24)29/h8-10,12-14,16,18,29H,6-7,11,15,17,19-20H2,1-5H3/t29-/m0/s1. The zero-order valence-electron chi connectivity index (χ0n) is 20.9. The predicted octanol–water partition coefficient (Wildman–Crippen LogP) is 6.84.